The first-order valence-corrected chi connectivity index (χ1v) is 8.72. The fraction of sp³-hybridized carbons (Fsp3) is 0.500. The number of ether oxygens (including phenoxy) is 1. The second kappa shape index (κ2) is 6.93. The van der Waals surface area contributed by atoms with E-state index < -0.39 is 15.1 Å². The molecule has 0 fully saturated rings. The van der Waals surface area contributed by atoms with Gasteiger partial charge in [-0.25, -0.2) is 8.42 Å². The summed E-state index contributed by atoms with van der Waals surface area (Å²) in [5.74, 6) is 0. The Balaban J connectivity index is 0.00000180. The number of thioether (sulfide) groups is 1. The zero-order chi connectivity index (χ0) is 13.3. The quantitative estimate of drug-likeness (QED) is 0.551. The molecule has 1 aromatic rings. The minimum atomic E-state index is -3.20. The van der Waals surface area contributed by atoms with E-state index in [4.69, 9.17) is 4.74 Å². The van der Waals surface area contributed by atoms with Crippen LogP contribution in [0.25, 0.3) is 0 Å². The van der Waals surface area contributed by atoms with Gasteiger partial charge in [0.1, 0.15) is 5.25 Å². The summed E-state index contributed by atoms with van der Waals surface area (Å²) in [6.07, 6.45) is 3.15. The summed E-state index contributed by atoms with van der Waals surface area (Å²) in [6, 6.07) is 3.72. The van der Waals surface area contributed by atoms with Crippen molar-refractivity contribution in [1.29, 1.82) is 0 Å². The number of sulfone groups is 1. The summed E-state index contributed by atoms with van der Waals surface area (Å²) >= 11 is 1.54. The van der Waals surface area contributed by atoms with Crippen molar-refractivity contribution in [2.75, 3.05) is 19.1 Å². The topological polar surface area (TPSA) is 63.6 Å². The Morgan fingerprint density at radius 1 is 1.53 bits per heavy atom. The zero-order valence-corrected chi connectivity index (χ0v) is 15.0. The van der Waals surface area contributed by atoms with Crippen molar-refractivity contribution in [3.05, 3.63) is 28.8 Å². The molecule has 7 heteroatoms. The fourth-order valence-electron chi connectivity index (χ4n) is 2.14. The average molecular weight is 312 g/mol. The molecule has 102 valence electrons. The first-order valence-electron chi connectivity index (χ1n) is 5.54. The van der Waals surface area contributed by atoms with Crippen LogP contribution in [0.1, 0.15) is 23.4 Å². The van der Waals surface area contributed by atoms with Gasteiger partial charge in [-0.2, -0.15) is 0 Å². The van der Waals surface area contributed by atoms with Crippen molar-refractivity contribution >= 4 is 21.6 Å². The molecule has 1 aliphatic rings. The van der Waals surface area contributed by atoms with Crippen LogP contribution in [0.5, 0.6) is 0 Å². The molecule has 1 atom stereocenters. The smallest absolute Gasteiger partial charge is 1.00 e. The molecule has 0 saturated carbocycles. The second-order valence-corrected chi connectivity index (χ2v) is 7.43. The standard InChI is InChI=1S/C12H16O4S2.Na.H/c1-17-11-4-9-6-16-7-12(18(2,14)15)10(9)3-8(11)5-13;;/h3-4,12-13H,5-7H2,1-2H3;;/q;+1;-1. The van der Waals surface area contributed by atoms with Gasteiger partial charge in [-0.15, -0.1) is 11.8 Å². The number of aliphatic hydroxyl groups excluding tert-OH is 1. The van der Waals surface area contributed by atoms with Crippen molar-refractivity contribution in [3.8, 4) is 0 Å². The third-order valence-corrected chi connectivity index (χ3v) is 5.35. The summed E-state index contributed by atoms with van der Waals surface area (Å²) in [5.41, 5.74) is 2.45. The van der Waals surface area contributed by atoms with E-state index in [9.17, 15) is 13.5 Å². The second-order valence-electron chi connectivity index (χ2n) is 4.35. The van der Waals surface area contributed by atoms with Crippen molar-refractivity contribution < 1.29 is 49.2 Å². The van der Waals surface area contributed by atoms with E-state index in [1.165, 1.54) is 18.0 Å². The first kappa shape index (κ1) is 17.5. The van der Waals surface area contributed by atoms with Gasteiger partial charge in [-0.3, -0.25) is 0 Å². The summed E-state index contributed by atoms with van der Waals surface area (Å²) in [4.78, 5) is 0.967. The Hall–Kier alpha value is 0.440. The zero-order valence-electron chi connectivity index (χ0n) is 12.3. The predicted octanol–water partition coefficient (Wildman–Crippen LogP) is -1.37. The minimum absolute atomic E-state index is 0. The van der Waals surface area contributed by atoms with Crippen LogP contribution < -0.4 is 29.6 Å². The number of fused-ring (bicyclic) bond motifs is 1. The molecule has 0 spiro atoms. The minimum Gasteiger partial charge on any atom is -1.00 e. The van der Waals surface area contributed by atoms with E-state index in [2.05, 4.69) is 0 Å². The number of aliphatic hydroxyl groups is 1. The molecule has 1 aromatic carbocycles. The van der Waals surface area contributed by atoms with Gasteiger partial charge in [-0.05, 0) is 29.0 Å². The van der Waals surface area contributed by atoms with Gasteiger partial charge in [0.15, 0.2) is 9.84 Å². The Kier molecular flexibility index (Phi) is 6.38. The molecule has 1 heterocycles. The van der Waals surface area contributed by atoms with Crippen LogP contribution in [-0.4, -0.2) is 32.6 Å². The predicted molar refractivity (Wildman–Crippen MR) is 72.5 cm³/mol. The van der Waals surface area contributed by atoms with Crippen molar-refractivity contribution in [2.24, 2.45) is 0 Å². The van der Waals surface area contributed by atoms with E-state index in [-0.39, 0.29) is 44.2 Å². The molecular formula is C12H17NaO4S2. The third kappa shape index (κ3) is 3.75. The molecule has 0 radical (unpaired) electrons. The van der Waals surface area contributed by atoms with Gasteiger partial charge in [0.05, 0.1) is 19.8 Å². The maximum absolute atomic E-state index is 11.8. The summed E-state index contributed by atoms with van der Waals surface area (Å²) in [6.45, 7) is 0.538. The van der Waals surface area contributed by atoms with Crippen LogP contribution in [0.3, 0.4) is 0 Å². The van der Waals surface area contributed by atoms with Crippen molar-refractivity contribution in [1.82, 2.24) is 0 Å². The van der Waals surface area contributed by atoms with Gasteiger partial charge >= 0.3 is 29.6 Å². The van der Waals surface area contributed by atoms with Crippen LogP contribution in [0.4, 0.5) is 0 Å². The maximum Gasteiger partial charge on any atom is 1.00 e. The maximum atomic E-state index is 11.8. The normalized spacial score (nSPS) is 18.6. The van der Waals surface area contributed by atoms with Crippen LogP contribution >= 0.6 is 11.8 Å². The molecule has 1 N–H and O–H groups in total. The molecule has 0 aromatic heterocycles. The monoisotopic (exact) mass is 312 g/mol. The molecule has 1 aliphatic heterocycles. The van der Waals surface area contributed by atoms with Gasteiger partial charge in [0, 0.05) is 11.2 Å². The first-order chi connectivity index (χ1) is 8.47. The van der Waals surface area contributed by atoms with Gasteiger partial charge in [0.25, 0.3) is 0 Å². The molecule has 1 unspecified atom stereocenters. The SMILES string of the molecule is CSc1cc2c(cc1CO)C(S(C)(=O)=O)COC2.[H-].[Na+]. The van der Waals surface area contributed by atoms with Crippen LogP contribution in [0, 0.1) is 0 Å². The number of rotatable bonds is 3. The molecule has 2 rings (SSSR count). The molecular weight excluding hydrogens is 295 g/mol. The van der Waals surface area contributed by atoms with Gasteiger partial charge in [0.2, 0.25) is 0 Å². The Bertz CT molecular complexity index is 563. The van der Waals surface area contributed by atoms with E-state index in [1.807, 2.05) is 12.3 Å². The fourth-order valence-corrected chi connectivity index (χ4v) is 3.81. The van der Waals surface area contributed by atoms with E-state index in [1.54, 1.807) is 6.07 Å². The number of hydrogen-bond donors (Lipinski definition) is 1. The summed E-state index contributed by atoms with van der Waals surface area (Å²) in [7, 11) is -3.20. The largest absolute Gasteiger partial charge is 1.00 e. The van der Waals surface area contributed by atoms with Gasteiger partial charge in [-0.1, -0.05) is 6.07 Å². The molecule has 0 amide bonds. The Morgan fingerprint density at radius 3 is 2.74 bits per heavy atom. The molecule has 0 aliphatic carbocycles. The molecule has 0 bridgehead atoms. The van der Waals surface area contributed by atoms with Gasteiger partial charge < -0.3 is 11.3 Å². The van der Waals surface area contributed by atoms with E-state index >= 15 is 0 Å². The number of benzene rings is 1. The van der Waals surface area contributed by atoms with E-state index in [0.717, 1.165) is 21.6 Å². The van der Waals surface area contributed by atoms with Crippen LogP contribution in [0.2, 0.25) is 0 Å². The third-order valence-electron chi connectivity index (χ3n) is 3.10. The van der Waals surface area contributed by atoms with E-state index in [0.29, 0.717) is 6.61 Å². The summed E-state index contributed by atoms with van der Waals surface area (Å²) in [5, 5.41) is 8.72. The molecule has 4 nitrogen and oxygen atoms in total. The van der Waals surface area contributed by atoms with Crippen molar-refractivity contribution in [3.63, 3.8) is 0 Å². The van der Waals surface area contributed by atoms with Crippen LogP contribution in [0.15, 0.2) is 17.0 Å². The molecule has 0 saturated heterocycles. The Labute approximate surface area is 141 Å². The Morgan fingerprint density at radius 2 is 2.21 bits per heavy atom. The average Bonchev–Trinajstić information content (AvgIpc) is 2.35. The number of hydrogen-bond acceptors (Lipinski definition) is 5. The van der Waals surface area contributed by atoms with Crippen molar-refractivity contribution in [2.45, 2.75) is 23.4 Å². The van der Waals surface area contributed by atoms with Crippen LogP contribution in [-0.2, 0) is 27.8 Å². The molecule has 19 heavy (non-hydrogen) atoms. The summed E-state index contributed by atoms with van der Waals surface area (Å²) < 4.78 is 28.9.